The maximum absolute atomic E-state index is 13.4. The molecule has 4 rings (SSSR count). The summed E-state index contributed by atoms with van der Waals surface area (Å²) in [6.45, 7) is 6.71. The predicted octanol–water partition coefficient (Wildman–Crippen LogP) is 4.33. The number of ether oxygens (including phenoxy) is 1. The molecule has 0 bridgehead atoms. The molecule has 2 aliphatic heterocycles. The molecule has 2 saturated heterocycles. The predicted molar refractivity (Wildman–Crippen MR) is 131 cm³/mol. The molecule has 0 radical (unpaired) electrons. The highest BCUT2D eigenvalue weighted by molar-refractivity contribution is 5.83. The molecule has 2 aromatic carbocycles. The lowest BCUT2D eigenvalue weighted by Crippen LogP contribution is -2.38. The Labute approximate surface area is 197 Å². The van der Waals surface area contributed by atoms with Crippen molar-refractivity contribution in [3.8, 4) is 11.1 Å². The zero-order valence-electron chi connectivity index (χ0n) is 19.3. The number of hydrogen-bond donors (Lipinski definition) is 0. The number of carbonyl (C=O) groups excluding carboxylic acids is 2. The summed E-state index contributed by atoms with van der Waals surface area (Å²) in [5.41, 5.74) is 3.41. The van der Waals surface area contributed by atoms with Crippen LogP contribution < -0.4 is 0 Å². The van der Waals surface area contributed by atoms with Gasteiger partial charge in [-0.2, -0.15) is 0 Å². The Morgan fingerprint density at radius 2 is 1.88 bits per heavy atom. The van der Waals surface area contributed by atoms with Gasteiger partial charge in [-0.05, 0) is 42.4 Å². The smallest absolute Gasteiger partial charge is 0.228 e. The molecular weight excluding hydrogens is 412 g/mol. The lowest BCUT2D eigenvalue weighted by Gasteiger charge is -2.25. The minimum atomic E-state index is -0.274. The van der Waals surface area contributed by atoms with Crippen molar-refractivity contribution in [3.63, 3.8) is 0 Å². The van der Waals surface area contributed by atoms with E-state index in [9.17, 15) is 9.59 Å². The molecule has 0 unspecified atom stereocenters. The van der Waals surface area contributed by atoms with Crippen molar-refractivity contribution in [2.24, 2.45) is 5.92 Å². The van der Waals surface area contributed by atoms with Crippen LogP contribution in [0.3, 0.4) is 0 Å². The van der Waals surface area contributed by atoms with Gasteiger partial charge in [0.1, 0.15) is 0 Å². The third kappa shape index (κ3) is 5.91. The Hall–Kier alpha value is -2.92. The van der Waals surface area contributed by atoms with E-state index in [1.807, 2.05) is 40.1 Å². The molecule has 2 fully saturated rings. The molecule has 2 heterocycles. The van der Waals surface area contributed by atoms with Crippen molar-refractivity contribution in [3.05, 3.63) is 72.8 Å². The summed E-state index contributed by atoms with van der Waals surface area (Å²) < 4.78 is 5.69. The number of hydrogen-bond acceptors (Lipinski definition) is 3. The number of rotatable bonds is 8. The van der Waals surface area contributed by atoms with E-state index in [4.69, 9.17) is 4.74 Å². The second-order valence-electron chi connectivity index (χ2n) is 9.01. The quantitative estimate of drug-likeness (QED) is 0.567. The van der Waals surface area contributed by atoms with Crippen LogP contribution in [0.15, 0.2) is 67.3 Å². The topological polar surface area (TPSA) is 49.9 Å². The van der Waals surface area contributed by atoms with Crippen LogP contribution >= 0.6 is 0 Å². The first-order chi connectivity index (χ1) is 16.2. The number of amides is 2. The van der Waals surface area contributed by atoms with Gasteiger partial charge in [0, 0.05) is 39.2 Å². The van der Waals surface area contributed by atoms with E-state index in [1.54, 1.807) is 6.08 Å². The Morgan fingerprint density at radius 3 is 2.64 bits per heavy atom. The van der Waals surface area contributed by atoms with Gasteiger partial charge in [0.2, 0.25) is 11.8 Å². The van der Waals surface area contributed by atoms with Gasteiger partial charge in [0.05, 0.1) is 12.0 Å². The van der Waals surface area contributed by atoms with Crippen molar-refractivity contribution >= 4 is 11.8 Å². The first-order valence-corrected chi connectivity index (χ1v) is 12.1. The van der Waals surface area contributed by atoms with Gasteiger partial charge >= 0.3 is 0 Å². The highest BCUT2D eigenvalue weighted by atomic mass is 16.5. The first-order valence-electron chi connectivity index (χ1n) is 12.1. The molecule has 174 valence electrons. The van der Waals surface area contributed by atoms with Gasteiger partial charge in [0.15, 0.2) is 0 Å². The van der Waals surface area contributed by atoms with Crippen LogP contribution in [-0.2, 0) is 20.7 Å². The lowest BCUT2D eigenvalue weighted by molar-refractivity contribution is -0.134. The highest BCUT2D eigenvalue weighted by Crippen LogP contribution is 2.27. The van der Waals surface area contributed by atoms with E-state index in [1.165, 1.54) is 0 Å². The molecule has 2 aromatic rings. The first kappa shape index (κ1) is 23.2. The average molecular weight is 447 g/mol. The summed E-state index contributed by atoms with van der Waals surface area (Å²) in [5.74, 6) is -0.0451. The molecule has 0 N–H and O–H groups in total. The summed E-state index contributed by atoms with van der Waals surface area (Å²) in [5, 5.41) is 0. The van der Waals surface area contributed by atoms with Crippen LogP contribution in [0.1, 0.15) is 31.2 Å². The van der Waals surface area contributed by atoms with E-state index in [2.05, 4.69) is 30.8 Å². The third-order valence-corrected chi connectivity index (χ3v) is 6.72. The van der Waals surface area contributed by atoms with Gasteiger partial charge in [-0.15, -0.1) is 6.58 Å². The molecule has 0 aromatic heterocycles. The van der Waals surface area contributed by atoms with E-state index < -0.39 is 0 Å². The number of nitrogens with zero attached hydrogens (tertiary/aromatic N) is 2. The molecule has 2 aliphatic rings. The minimum Gasteiger partial charge on any atom is -0.378 e. The van der Waals surface area contributed by atoms with Crippen LogP contribution in [0.2, 0.25) is 0 Å². The molecule has 33 heavy (non-hydrogen) atoms. The molecule has 5 heteroatoms. The Kier molecular flexibility index (Phi) is 7.95. The molecule has 0 spiro atoms. The SMILES string of the molecule is C=CCN1CCN(C(=O)CC[C@@H]2CCCO2)C[C@@H](Cc2ccccc2-c2ccccc2)C1=O. The van der Waals surface area contributed by atoms with Crippen LogP contribution in [0.5, 0.6) is 0 Å². The van der Waals surface area contributed by atoms with Crippen molar-refractivity contribution in [2.45, 2.75) is 38.2 Å². The number of benzene rings is 2. The second-order valence-corrected chi connectivity index (χ2v) is 9.01. The van der Waals surface area contributed by atoms with E-state index >= 15 is 0 Å². The summed E-state index contributed by atoms with van der Waals surface area (Å²) in [6.07, 6.45) is 5.94. The van der Waals surface area contributed by atoms with Crippen LogP contribution in [0.4, 0.5) is 0 Å². The van der Waals surface area contributed by atoms with Crippen LogP contribution in [-0.4, -0.2) is 60.5 Å². The maximum Gasteiger partial charge on any atom is 0.228 e. The third-order valence-electron chi connectivity index (χ3n) is 6.72. The molecule has 0 aliphatic carbocycles. The van der Waals surface area contributed by atoms with E-state index in [0.29, 0.717) is 39.0 Å². The summed E-state index contributed by atoms with van der Waals surface area (Å²) >= 11 is 0. The number of carbonyl (C=O) groups is 2. The van der Waals surface area contributed by atoms with Crippen LogP contribution in [0, 0.1) is 5.92 Å². The van der Waals surface area contributed by atoms with Crippen molar-refractivity contribution in [1.82, 2.24) is 9.80 Å². The Bertz CT molecular complexity index is 953. The lowest BCUT2D eigenvalue weighted by atomic mass is 9.91. The van der Waals surface area contributed by atoms with Crippen LogP contribution in [0.25, 0.3) is 11.1 Å². The normalized spacial score (nSPS) is 21.2. The van der Waals surface area contributed by atoms with E-state index in [0.717, 1.165) is 42.6 Å². The van der Waals surface area contributed by atoms with Gasteiger partial charge in [-0.1, -0.05) is 60.7 Å². The van der Waals surface area contributed by atoms with E-state index in [-0.39, 0.29) is 23.8 Å². The Morgan fingerprint density at radius 1 is 1.09 bits per heavy atom. The Balaban J connectivity index is 1.52. The summed E-state index contributed by atoms with van der Waals surface area (Å²) in [4.78, 5) is 30.3. The van der Waals surface area contributed by atoms with Gasteiger partial charge in [-0.25, -0.2) is 0 Å². The summed E-state index contributed by atoms with van der Waals surface area (Å²) in [6, 6.07) is 18.5. The van der Waals surface area contributed by atoms with Gasteiger partial charge < -0.3 is 14.5 Å². The zero-order chi connectivity index (χ0) is 23.0. The maximum atomic E-state index is 13.4. The minimum absolute atomic E-state index is 0.104. The monoisotopic (exact) mass is 446 g/mol. The van der Waals surface area contributed by atoms with Crippen molar-refractivity contribution in [1.29, 1.82) is 0 Å². The fraction of sp³-hybridized carbons (Fsp3) is 0.429. The largest absolute Gasteiger partial charge is 0.378 e. The average Bonchev–Trinajstić information content (AvgIpc) is 3.32. The fourth-order valence-corrected chi connectivity index (χ4v) is 4.94. The fourth-order valence-electron chi connectivity index (χ4n) is 4.94. The van der Waals surface area contributed by atoms with Gasteiger partial charge in [-0.3, -0.25) is 9.59 Å². The molecule has 2 atom stereocenters. The summed E-state index contributed by atoms with van der Waals surface area (Å²) in [7, 11) is 0. The van der Waals surface area contributed by atoms with Gasteiger partial charge in [0.25, 0.3) is 0 Å². The highest BCUT2D eigenvalue weighted by Gasteiger charge is 2.32. The molecular formula is C28H34N2O3. The van der Waals surface area contributed by atoms with Crippen molar-refractivity contribution in [2.75, 3.05) is 32.8 Å². The molecule has 0 saturated carbocycles. The second kappa shape index (κ2) is 11.3. The zero-order valence-corrected chi connectivity index (χ0v) is 19.3. The van der Waals surface area contributed by atoms with Crippen molar-refractivity contribution < 1.29 is 14.3 Å². The molecule has 5 nitrogen and oxygen atoms in total. The standard InChI is InChI=1S/C28H34N2O3/c1-2-16-29-17-18-30(27(31)15-14-25-12-8-19-33-25)21-24(28(29)32)20-23-11-6-7-13-26(23)22-9-4-3-5-10-22/h2-7,9-11,13,24-25H,1,8,12,14-21H2/t24-,25+/m1/s1. The molecule has 2 amide bonds.